The molecule has 0 N–H and O–H groups in total. The van der Waals surface area contributed by atoms with Gasteiger partial charge in [0.2, 0.25) is 0 Å². The molecule has 25 heavy (non-hydrogen) atoms. The van der Waals surface area contributed by atoms with Crippen molar-refractivity contribution in [2.45, 2.75) is 57.7 Å². The molecule has 0 saturated carbocycles. The number of likely N-dealkylation sites (tertiary alicyclic amines) is 1. The van der Waals surface area contributed by atoms with Crippen LogP contribution in [0.25, 0.3) is 0 Å². The largest absolute Gasteiger partial charge is 0.497 e. The summed E-state index contributed by atoms with van der Waals surface area (Å²) in [6, 6.07) is 2.20. The summed E-state index contributed by atoms with van der Waals surface area (Å²) >= 11 is 0. The Morgan fingerprint density at radius 1 is 1.40 bits per heavy atom. The van der Waals surface area contributed by atoms with Crippen LogP contribution in [0.1, 0.15) is 45.6 Å². The fourth-order valence-electron chi connectivity index (χ4n) is 3.58. The van der Waals surface area contributed by atoms with Gasteiger partial charge < -0.3 is 9.64 Å². The second-order valence-electron chi connectivity index (χ2n) is 7.46. The summed E-state index contributed by atoms with van der Waals surface area (Å²) in [6.45, 7) is 7.09. The van der Waals surface area contributed by atoms with Gasteiger partial charge in [-0.1, -0.05) is 0 Å². The summed E-state index contributed by atoms with van der Waals surface area (Å²) in [7, 11) is 1.99. The van der Waals surface area contributed by atoms with Crippen LogP contribution in [0.2, 0.25) is 0 Å². The summed E-state index contributed by atoms with van der Waals surface area (Å²) in [5.74, 6) is 0. The number of rotatable bonds is 5. The Balaban J connectivity index is 1.66. The van der Waals surface area contributed by atoms with E-state index in [4.69, 9.17) is 4.74 Å². The zero-order valence-corrected chi connectivity index (χ0v) is 15.6. The van der Waals surface area contributed by atoms with E-state index in [9.17, 15) is 4.79 Å². The van der Waals surface area contributed by atoms with Crippen molar-refractivity contribution < 1.29 is 4.74 Å². The zero-order chi connectivity index (χ0) is 17.8. The summed E-state index contributed by atoms with van der Waals surface area (Å²) in [6.07, 6.45) is 10.3. The highest BCUT2D eigenvalue weighted by molar-refractivity contribution is 5.42. The summed E-state index contributed by atoms with van der Waals surface area (Å²) in [5.41, 5.74) is 0.875. The van der Waals surface area contributed by atoms with Gasteiger partial charge in [-0.15, -0.1) is 0 Å². The lowest BCUT2D eigenvalue weighted by molar-refractivity contribution is 0.0593. The van der Waals surface area contributed by atoms with E-state index >= 15 is 0 Å². The number of ether oxygens (including phenoxy) is 1. The van der Waals surface area contributed by atoms with E-state index in [1.807, 2.05) is 19.5 Å². The third-order valence-electron chi connectivity index (χ3n) is 5.30. The average Bonchev–Trinajstić information content (AvgIpc) is 2.62. The lowest BCUT2D eigenvalue weighted by Gasteiger charge is -2.35. The molecule has 2 atom stereocenters. The Labute approximate surface area is 150 Å². The number of hydrogen-bond donors (Lipinski definition) is 0. The Hall–Kier alpha value is -1.82. The van der Waals surface area contributed by atoms with Crippen LogP contribution in [0.15, 0.2) is 29.4 Å². The van der Waals surface area contributed by atoms with Gasteiger partial charge in [-0.05, 0) is 52.2 Å². The van der Waals surface area contributed by atoms with E-state index in [2.05, 4.69) is 34.8 Å². The Bertz CT molecular complexity index is 655. The topological polar surface area (TPSA) is 50.6 Å². The molecule has 3 rings (SSSR count). The van der Waals surface area contributed by atoms with Crippen LogP contribution in [-0.4, -0.2) is 53.5 Å². The molecule has 6 heteroatoms. The van der Waals surface area contributed by atoms with E-state index in [0.29, 0.717) is 6.04 Å². The normalized spacial score (nSPS) is 24.3. The third-order valence-corrected chi connectivity index (χ3v) is 5.30. The lowest BCUT2D eigenvalue weighted by Crippen LogP contribution is -2.44. The van der Waals surface area contributed by atoms with Crippen molar-refractivity contribution in [3.05, 3.63) is 35.0 Å². The van der Waals surface area contributed by atoms with Gasteiger partial charge in [0.15, 0.2) is 0 Å². The first-order valence-corrected chi connectivity index (χ1v) is 9.39. The molecule has 0 amide bonds. The number of nitrogens with zero attached hydrogens (tertiary/aromatic N) is 4. The molecule has 0 bridgehead atoms. The molecule has 3 heterocycles. The van der Waals surface area contributed by atoms with Gasteiger partial charge >= 0.3 is 0 Å². The molecule has 6 nitrogen and oxygen atoms in total. The van der Waals surface area contributed by atoms with Crippen molar-refractivity contribution >= 4 is 5.69 Å². The molecule has 1 aromatic heterocycles. The summed E-state index contributed by atoms with van der Waals surface area (Å²) < 4.78 is 7.37. The number of anilines is 1. The van der Waals surface area contributed by atoms with Gasteiger partial charge in [0, 0.05) is 32.2 Å². The quantitative estimate of drug-likeness (QED) is 0.819. The number of hydrogen-bond acceptors (Lipinski definition) is 5. The fraction of sp³-hybridized carbons (Fsp3) is 0.684. The maximum atomic E-state index is 12.6. The molecular weight excluding hydrogens is 316 g/mol. The van der Waals surface area contributed by atoms with Crippen LogP contribution in [0, 0.1) is 0 Å². The van der Waals surface area contributed by atoms with Crippen molar-refractivity contribution in [2.75, 3.05) is 31.6 Å². The lowest BCUT2D eigenvalue weighted by atomic mass is 10.0. The predicted molar refractivity (Wildman–Crippen MR) is 100.0 cm³/mol. The van der Waals surface area contributed by atoms with Gasteiger partial charge in [0.25, 0.3) is 5.56 Å². The van der Waals surface area contributed by atoms with Crippen LogP contribution in [0.4, 0.5) is 5.69 Å². The van der Waals surface area contributed by atoms with Crippen LogP contribution < -0.4 is 10.5 Å². The average molecular weight is 346 g/mol. The maximum absolute atomic E-state index is 12.6. The highest BCUT2D eigenvalue weighted by Gasteiger charge is 2.25. The molecule has 1 fully saturated rings. The van der Waals surface area contributed by atoms with Gasteiger partial charge in [-0.2, -0.15) is 5.10 Å². The van der Waals surface area contributed by atoms with E-state index in [1.54, 1.807) is 10.7 Å². The molecule has 0 unspecified atom stereocenters. The number of allylic oxidation sites excluding steroid dienone is 1. The maximum Gasteiger partial charge on any atom is 0.269 e. The Morgan fingerprint density at radius 3 is 2.92 bits per heavy atom. The SMILES string of the molecule is CC(C)N(C)c1cnn([C@H]2CCCN(C[C@@H]3CCC=CO3)C2)c(=O)c1. The molecule has 0 aromatic carbocycles. The monoisotopic (exact) mass is 346 g/mol. The molecule has 1 saturated heterocycles. The van der Waals surface area contributed by atoms with E-state index in [1.165, 1.54) is 0 Å². The third kappa shape index (κ3) is 4.42. The van der Waals surface area contributed by atoms with Gasteiger partial charge in [0.05, 0.1) is 24.2 Å². The number of piperidine rings is 1. The first-order valence-electron chi connectivity index (χ1n) is 9.39. The minimum Gasteiger partial charge on any atom is -0.497 e. The molecule has 2 aliphatic rings. The van der Waals surface area contributed by atoms with Crippen molar-refractivity contribution in [3.8, 4) is 0 Å². The van der Waals surface area contributed by atoms with Gasteiger partial charge in [-0.3, -0.25) is 9.69 Å². The highest BCUT2D eigenvalue weighted by Crippen LogP contribution is 2.22. The highest BCUT2D eigenvalue weighted by atomic mass is 16.5. The molecule has 2 aliphatic heterocycles. The first kappa shape index (κ1) is 18.0. The molecule has 0 spiro atoms. The fourth-order valence-corrected chi connectivity index (χ4v) is 3.58. The van der Waals surface area contributed by atoms with Gasteiger partial charge in [0.1, 0.15) is 6.10 Å². The van der Waals surface area contributed by atoms with E-state index in [0.717, 1.165) is 51.0 Å². The smallest absolute Gasteiger partial charge is 0.269 e. The van der Waals surface area contributed by atoms with Crippen LogP contribution >= 0.6 is 0 Å². The summed E-state index contributed by atoms with van der Waals surface area (Å²) in [5, 5.41) is 4.48. The van der Waals surface area contributed by atoms with Crippen LogP contribution in [-0.2, 0) is 4.74 Å². The minimum atomic E-state index is -0.00583. The molecule has 1 aromatic rings. The van der Waals surface area contributed by atoms with Crippen molar-refractivity contribution in [3.63, 3.8) is 0 Å². The minimum absolute atomic E-state index is 0.00583. The Morgan fingerprint density at radius 2 is 2.24 bits per heavy atom. The molecule has 0 radical (unpaired) electrons. The molecule has 138 valence electrons. The second kappa shape index (κ2) is 8.04. The Kier molecular flexibility index (Phi) is 5.78. The van der Waals surface area contributed by atoms with Crippen molar-refractivity contribution in [2.24, 2.45) is 0 Å². The standard InChI is InChI=1S/C19H30N4O2/c1-15(2)21(3)17-11-19(24)23(20-12-17)16-7-6-9-22(13-16)14-18-8-4-5-10-25-18/h5,10-12,15-16,18H,4,6-9,13-14H2,1-3H3/t16-,18-/m0/s1. The van der Waals surface area contributed by atoms with Crippen molar-refractivity contribution in [1.29, 1.82) is 0 Å². The predicted octanol–water partition coefficient (Wildman–Crippen LogP) is 2.42. The van der Waals surface area contributed by atoms with Gasteiger partial charge in [-0.25, -0.2) is 4.68 Å². The number of aromatic nitrogens is 2. The van der Waals surface area contributed by atoms with Crippen LogP contribution in [0.5, 0.6) is 0 Å². The van der Waals surface area contributed by atoms with Crippen molar-refractivity contribution in [1.82, 2.24) is 14.7 Å². The second-order valence-corrected chi connectivity index (χ2v) is 7.46. The van der Waals surface area contributed by atoms with E-state index in [-0.39, 0.29) is 17.7 Å². The zero-order valence-electron chi connectivity index (χ0n) is 15.6. The van der Waals surface area contributed by atoms with E-state index < -0.39 is 0 Å². The molecule has 0 aliphatic carbocycles. The first-order chi connectivity index (χ1) is 12.0. The molecular formula is C19H30N4O2. The van der Waals surface area contributed by atoms with Crippen LogP contribution in [0.3, 0.4) is 0 Å². The summed E-state index contributed by atoms with van der Waals surface area (Å²) in [4.78, 5) is 17.1.